The van der Waals surface area contributed by atoms with Crippen molar-refractivity contribution in [3.63, 3.8) is 0 Å². The molecule has 0 unspecified atom stereocenters. The molecule has 0 heterocycles. The summed E-state index contributed by atoms with van der Waals surface area (Å²) in [7, 11) is 0. The molecule has 17 heavy (non-hydrogen) atoms. The second-order valence-electron chi connectivity index (χ2n) is 3.26. The predicted molar refractivity (Wildman–Crippen MR) is 60.5 cm³/mol. The molecule has 0 saturated heterocycles. The van der Waals surface area contributed by atoms with Crippen LogP contribution in [-0.2, 0) is 11.3 Å². The number of hydrogen-bond donors (Lipinski definition) is 1. The van der Waals surface area contributed by atoms with Crippen molar-refractivity contribution in [3.8, 4) is 5.75 Å². The lowest BCUT2D eigenvalue weighted by atomic mass is 10.2. The molecular weight excluding hydrogens is 252 g/mol. The Bertz CT molecular complexity index is 374. The van der Waals surface area contributed by atoms with Crippen LogP contribution in [0.15, 0.2) is 24.3 Å². The Morgan fingerprint density at radius 2 is 2.24 bits per heavy atom. The van der Waals surface area contributed by atoms with E-state index >= 15 is 0 Å². The molecule has 0 aliphatic rings. The summed E-state index contributed by atoms with van der Waals surface area (Å²) in [5.74, 6) is -0.0461. The van der Waals surface area contributed by atoms with E-state index in [0.29, 0.717) is 5.75 Å². The summed E-state index contributed by atoms with van der Waals surface area (Å²) >= 11 is 5.31. The van der Waals surface area contributed by atoms with Gasteiger partial charge >= 0.3 is 0 Å². The summed E-state index contributed by atoms with van der Waals surface area (Å²) in [5, 5.41) is 2.57. The highest BCUT2D eigenvalue weighted by molar-refractivity contribution is 6.27. The molecule has 1 aromatic carbocycles. The SMILES string of the molecule is O=C(CCl)NCc1cccc(OCC(F)F)c1. The van der Waals surface area contributed by atoms with E-state index in [9.17, 15) is 13.6 Å². The largest absolute Gasteiger partial charge is 0.488 e. The van der Waals surface area contributed by atoms with Crippen LogP contribution in [0.2, 0.25) is 0 Å². The van der Waals surface area contributed by atoms with Gasteiger partial charge in [0.15, 0.2) is 0 Å². The van der Waals surface area contributed by atoms with Crippen LogP contribution in [0.25, 0.3) is 0 Å². The van der Waals surface area contributed by atoms with Crippen LogP contribution in [-0.4, -0.2) is 24.8 Å². The summed E-state index contributed by atoms with van der Waals surface area (Å²) in [6, 6.07) is 6.60. The van der Waals surface area contributed by atoms with Gasteiger partial charge in [-0.15, -0.1) is 11.6 Å². The number of halogens is 3. The van der Waals surface area contributed by atoms with Crippen molar-refractivity contribution in [2.75, 3.05) is 12.5 Å². The van der Waals surface area contributed by atoms with E-state index in [1.165, 1.54) is 0 Å². The molecule has 0 aromatic heterocycles. The quantitative estimate of drug-likeness (QED) is 0.799. The first-order valence-electron chi connectivity index (χ1n) is 4.94. The van der Waals surface area contributed by atoms with Crippen LogP contribution in [0.4, 0.5) is 8.78 Å². The highest BCUT2D eigenvalue weighted by Crippen LogP contribution is 2.14. The highest BCUT2D eigenvalue weighted by atomic mass is 35.5. The van der Waals surface area contributed by atoms with Gasteiger partial charge in [-0.2, -0.15) is 0 Å². The molecule has 3 nitrogen and oxygen atoms in total. The third kappa shape index (κ3) is 5.49. The summed E-state index contributed by atoms with van der Waals surface area (Å²) < 4.78 is 28.7. The van der Waals surface area contributed by atoms with Crippen LogP contribution in [0, 0.1) is 0 Å². The Balaban J connectivity index is 2.50. The number of carbonyl (C=O) groups excluding carboxylic acids is 1. The fraction of sp³-hybridized carbons (Fsp3) is 0.364. The zero-order valence-electron chi connectivity index (χ0n) is 8.96. The predicted octanol–water partition coefficient (Wildman–Crippen LogP) is 2.19. The van der Waals surface area contributed by atoms with E-state index in [1.807, 2.05) is 0 Å². The van der Waals surface area contributed by atoms with E-state index in [0.717, 1.165) is 5.56 Å². The summed E-state index contributed by atoms with van der Waals surface area (Å²) in [6.45, 7) is -0.352. The van der Waals surface area contributed by atoms with Crippen LogP contribution >= 0.6 is 11.6 Å². The van der Waals surface area contributed by atoms with E-state index < -0.39 is 13.0 Å². The van der Waals surface area contributed by atoms with Gasteiger partial charge in [-0.05, 0) is 17.7 Å². The van der Waals surface area contributed by atoms with Crippen LogP contribution < -0.4 is 10.1 Å². The maximum atomic E-state index is 11.9. The summed E-state index contributed by atoms with van der Waals surface area (Å²) in [4.78, 5) is 10.9. The van der Waals surface area contributed by atoms with E-state index in [4.69, 9.17) is 16.3 Å². The molecule has 1 aromatic rings. The van der Waals surface area contributed by atoms with E-state index in [1.54, 1.807) is 24.3 Å². The number of ether oxygens (including phenoxy) is 1. The average molecular weight is 264 g/mol. The van der Waals surface area contributed by atoms with Gasteiger partial charge < -0.3 is 10.1 Å². The first-order chi connectivity index (χ1) is 8.11. The van der Waals surface area contributed by atoms with Gasteiger partial charge in [0.2, 0.25) is 5.91 Å². The van der Waals surface area contributed by atoms with Crippen molar-refractivity contribution in [2.24, 2.45) is 0 Å². The zero-order valence-corrected chi connectivity index (χ0v) is 9.71. The normalized spacial score (nSPS) is 10.4. The van der Waals surface area contributed by atoms with Gasteiger partial charge in [-0.1, -0.05) is 12.1 Å². The molecule has 0 atom stereocenters. The van der Waals surface area contributed by atoms with Crippen LogP contribution in [0.1, 0.15) is 5.56 Å². The molecular formula is C11H12ClF2NO2. The van der Waals surface area contributed by atoms with E-state index in [2.05, 4.69) is 5.32 Å². The van der Waals surface area contributed by atoms with Gasteiger partial charge in [0.1, 0.15) is 18.2 Å². The molecule has 0 spiro atoms. The van der Waals surface area contributed by atoms with Gasteiger partial charge in [-0.25, -0.2) is 8.78 Å². The molecule has 0 radical (unpaired) electrons. The molecule has 94 valence electrons. The molecule has 1 amide bonds. The molecule has 0 aliphatic heterocycles. The van der Waals surface area contributed by atoms with Crippen molar-refractivity contribution in [2.45, 2.75) is 13.0 Å². The van der Waals surface area contributed by atoms with Gasteiger partial charge in [0.25, 0.3) is 6.43 Å². The molecule has 1 N–H and O–H groups in total. The Morgan fingerprint density at radius 3 is 2.88 bits per heavy atom. The number of benzene rings is 1. The lowest BCUT2D eigenvalue weighted by molar-refractivity contribution is -0.118. The minimum Gasteiger partial charge on any atom is -0.488 e. The number of nitrogens with one attached hydrogen (secondary N) is 1. The topological polar surface area (TPSA) is 38.3 Å². The molecule has 0 fully saturated rings. The van der Waals surface area contributed by atoms with Crippen molar-refractivity contribution in [3.05, 3.63) is 29.8 Å². The third-order valence-corrected chi connectivity index (χ3v) is 2.13. The van der Waals surface area contributed by atoms with Crippen molar-refractivity contribution in [1.82, 2.24) is 5.32 Å². The van der Waals surface area contributed by atoms with Gasteiger partial charge in [0.05, 0.1) is 0 Å². The monoisotopic (exact) mass is 263 g/mol. The number of rotatable bonds is 6. The second-order valence-corrected chi connectivity index (χ2v) is 3.53. The molecule has 0 bridgehead atoms. The maximum Gasteiger partial charge on any atom is 0.272 e. The minimum absolute atomic E-state index is 0.110. The highest BCUT2D eigenvalue weighted by Gasteiger charge is 2.04. The second kappa shape index (κ2) is 7.06. The smallest absolute Gasteiger partial charge is 0.272 e. The summed E-state index contributed by atoms with van der Waals surface area (Å²) in [5.41, 5.74) is 0.759. The minimum atomic E-state index is -2.50. The van der Waals surface area contributed by atoms with E-state index in [-0.39, 0.29) is 18.3 Å². The van der Waals surface area contributed by atoms with Crippen molar-refractivity contribution < 1.29 is 18.3 Å². The number of carbonyl (C=O) groups is 1. The van der Waals surface area contributed by atoms with Crippen molar-refractivity contribution >= 4 is 17.5 Å². The third-order valence-electron chi connectivity index (χ3n) is 1.89. The van der Waals surface area contributed by atoms with Gasteiger partial charge in [-0.3, -0.25) is 4.79 Å². The Labute approximate surface area is 103 Å². The Hall–Kier alpha value is -1.36. The molecule has 1 rings (SSSR count). The van der Waals surface area contributed by atoms with Gasteiger partial charge in [0, 0.05) is 6.54 Å². The number of hydrogen-bond acceptors (Lipinski definition) is 2. The maximum absolute atomic E-state index is 11.9. The first kappa shape index (κ1) is 13.7. The van der Waals surface area contributed by atoms with Crippen LogP contribution in [0.3, 0.4) is 0 Å². The molecule has 6 heteroatoms. The number of amides is 1. The standard InChI is InChI=1S/C11H12ClF2NO2/c12-5-11(16)15-6-8-2-1-3-9(4-8)17-7-10(13)14/h1-4,10H,5-7H2,(H,15,16). The average Bonchev–Trinajstić information content (AvgIpc) is 2.34. The fourth-order valence-corrected chi connectivity index (χ4v) is 1.25. The van der Waals surface area contributed by atoms with Crippen LogP contribution in [0.5, 0.6) is 5.75 Å². The fourth-order valence-electron chi connectivity index (χ4n) is 1.15. The lowest BCUT2D eigenvalue weighted by Crippen LogP contribution is -2.23. The summed E-state index contributed by atoms with van der Waals surface area (Å²) in [6.07, 6.45) is -2.50. The zero-order chi connectivity index (χ0) is 12.7. The Kier molecular flexibility index (Phi) is 5.69. The first-order valence-corrected chi connectivity index (χ1v) is 5.48. The lowest BCUT2D eigenvalue weighted by Gasteiger charge is -2.08. The number of alkyl halides is 3. The molecule has 0 saturated carbocycles. The van der Waals surface area contributed by atoms with Crippen molar-refractivity contribution in [1.29, 1.82) is 0 Å². The Morgan fingerprint density at radius 1 is 1.47 bits per heavy atom. The molecule has 0 aliphatic carbocycles.